The normalized spacial score (nSPS) is 19.4. The summed E-state index contributed by atoms with van der Waals surface area (Å²) in [5, 5.41) is 4.94. The number of thiophene rings is 1. The highest BCUT2D eigenvalue weighted by molar-refractivity contribution is 7.10. The van der Waals surface area contributed by atoms with E-state index in [-0.39, 0.29) is 28.9 Å². The molecule has 2 aromatic heterocycles. The van der Waals surface area contributed by atoms with Crippen LogP contribution < -0.4 is 10.9 Å². The Morgan fingerprint density at radius 1 is 1.32 bits per heavy atom. The third kappa shape index (κ3) is 4.49. The van der Waals surface area contributed by atoms with E-state index < -0.39 is 0 Å². The quantitative estimate of drug-likeness (QED) is 0.774. The Balaban J connectivity index is 1.32. The molecule has 1 atom stereocenters. The van der Waals surface area contributed by atoms with Gasteiger partial charge < -0.3 is 15.2 Å². The molecule has 2 N–H and O–H groups in total. The highest BCUT2D eigenvalue weighted by Crippen LogP contribution is 2.37. The van der Waals surface area contributed by atoms with Crippen molar-refractivity contribution in [1.29, 1.82) is 0 Å². The molecule has 1 saturated carbocycles. The van der Waals surface area contributed by atoms with Gasteiger partial charge in [-0.3, -0.25) is 14.4 Å². The van der Waals surface area contributed by atoms with Gasteiger partial charge in [0.05, 0.1) is 6.42 Å². The second kappa shape index (κ2) is 8.26. The zero-order chi connectivity index (χ0) is 19.5. The number of aromatic amines is 1. The van der Waals surface area contributed by atoms with Crippen LogP contribution in [0, 0.1) is 5.92 Å². The molecule has 8 heteroatoms. The number of carbonyl (C=O) groups excluding carboxylic acids is 2. The number of likely N-dealkylation sites (tertiary alicyclic amines) is 1. The summed E-state index contributed by atoms with van der Waals surface area (Å²) in [7, 11) is 0. The van der Waals surface area contributed by atoms with E-state index in [4.69, 9.17) is 0 Å². The maximum absolute atomic E-state index is 12.8. The Bertz CT molecular complexity index is 904. The Morgan fingerprint density at radius 2 is 2.18 bits per heavy atom. The molecule has 2 amide bonds. The lowest BCUT2D eigenvalue weighted by Gasteiger charge is -2.32. The van der Waals surface area contributed by atoms with Crippen LogP contribution in [0.3, 0.4) is 0 Å². The first-order valence-electron chi connectivity index (χ1n) is 9.77. The predicted octanol–water partition coefficient (Wildman–Crippen LogP) is 1.92. The molecule has 3 heterocycles. The van der Waals surface area contributed by atoms with Crippen molar-refractivity contribution in [2.24, 2.45) is 5.92 Å². The van der Waals surface area contributed by atoms with E-state index in [1.807, 2.05) is 17.5 Å². The Hall–Kier alpha value is -2.48. The molecule has 2 fully saturated rings. The molecule has 1 saturated heterocycles. The van der Waals surface area contributed by atoms with Crippen LogP contribution in [-0.2, 0) is 11.2 Å². The molecule has 4 rings (SSSR count). The van der Waals surface area contributed by atoms with Crippen molar-refractivity contribution in [3.05, 3.63) is 50.3 Å². The standard InChI is InChI=1S/C20H24N4O3S/c25-17(9-15-4-2-8-28-15)21-10-13-3-1-7-24(12-13)20(27)16-11-22-18(14-5-6-14)23-19(16)26/h2,4,8,11,13-14H,1,3,5-7,9-10,12H2,(H,21,25)(H,22,23,26). The molecular weight excluding hydrogens is 376 g/mol. The summed E-state index contributed by atoms with van der Waals surface area (Å²) < 4.78 is 0. The number of rotatable bonds is 6. The first kappa shape index (κ1) is 18.9. The van der Waals surface area contributed by atoms with Gasteiger partial charge in [0.25, 0.3) is 11.5 Å². The van der Waals surface area contributed by atoms with Crippen LogP contribution in [0.15, 0.2) is 28.5 Å². The third-order valence-corrected chi connectivity index (χ3v) is 6.20. The average Bonchev–Trinajstić information content (AvgIpc) is 3.43. The summed E-state index contributed by atoms with van der Waals surface area (Å²) >= 11 is 1.57. The average molecular weight is 401 g/mol. The van der Waals surface area contributed by atoms with Crippen molar-refractivity contribution in [2.75, 3.05) is 19.6 Å². The molecule has 2 aromatic rings. The smallest absolute Gasteiger partial charge is 0.263 e. The number of nitrogens with zero attached hydrogens (tertiary/aromatic N) is 2. The Labute approximate surface area is 167 Å². The fourth-order valence-corrected chi connectivity index (χ4v) is 4.31. The lowest BCUT2D eigenvalue weighted by Crippen LogP contribution is -2.45. The van der Waals surface area contributed by atoms with Gasteiger partial charge in [0, 0.05) is 36.6 Å². The minimum absolute atomic E-state index is 0.00205. The van der Waals surface area contributed by atoms with Crippen LogP contribution in [0.2, 0.25) is 0 Å². The van der Waals surface area contributed by atoms with Gasteiger partial charge in [0.1, 0.15) is 11.4 Å². The largest absolute Gasteiger partial charge is 0.355 e. The number of H-pyrrole nitrogens is 1. The van der Waals surface area contributed by atoms with Gasteiger partial charge in [0.15, 0.2) is 0 Å². The van der Waals surface area contributed by atoms with E-state index in [1.54, 1.807) is 16.2 Å². The lowest BCUT2D eigenvalue weighted by molar-refractivity contribution is -0.120. The number of nitrogens with one attached hydrogen (secondary N) is 2. The number of carbonyl (C=O) groups is 2. The minimum Gasteiger partial charge on any atom is -0.355 e. The number of amides is 2. The summed E-state index contributed by atoms with van der Waals surface area (Å²) in [5.41, 5.74) is -0.250. The number of hydrogen-bond donors (Lipinski definition) is 2. The highest BCUT2D eigenvalue weighted by Gasteiger charge is 2.29. The molecule has 0 radical (unpaired) electrons. The summed E-state index contributed by atoms with van der Waals surface area (Å²) in [6, 6.07) is 3.89. The molecule has 1 aliphatic heterocycles. The van der Waals surface area contributed by atoms with Crippen LogP contribution in [0.5, 0.6) is 0 Å². The minimum atomic E-state index is -0.353. The zero-order valence-corrected chi connectivity index (χ0v) is 16.5. The Kier molecular flexibility index (Phi) is 5.57. The molecule has 0 spiro atoms. The van der Waals surface area contributed by atoms with Crippen molar-refractivity contribution in [1.82, 2.24) is 20.2 Å². The molecule has 1 aliphatic carbocycles. The van der Waals surface area contributed by atoms with Crippen LogP contribution in [0.1, 0.15) is 52.7 Å². The lowest BCUT2D eigenvalue weighted by atomic mass is 9.97. The topological polar surface area (TPSA) is 95.2 Å². The van der Waals surface area contributed by atoms with Crippen molar-refractivity contribution in [3.8, 4) is 0 Å². The monoisotopic (exact) mass is 400 g/mol. The fraction of sp³-hybridized carbons (Fsp3) is 0.500. The SMILES string of the molecule is O=C(Cc1cccs1)NCC1CCCN(C(=O)c2cnc(C3CC3)[nH]c2=O)C1. The molecule has 148 valence electrons. The van der Waals surface area contributed by atoms with E-state index in [0.29, 0.717) is 37.8 Å². The molecule has 2 aliphatic rings. The Morgan fingerprint density at radius 3 is 2.89 bits per heavy atom. The number of aromatic nitrogens is 2. The summed E-state index contributed by atoms with van der Waals surface area (Å²) in [6.07, 6.45) is 5.72. The van der Waals surface area contributed by atoms with E-state index in [1.165, 1.54) is 6.20 Å². The van der Waals surface area contributed by atoms with Crippen LogP contribution in [0.25, 0.3) is 0 Å². The van der Waals surface area contributed by atoms with Gasteiger partial charge >= 0.3 is 0 Å². The zero-order valence-electron chi connectivity index (χ0n) is 15.6. The van der Waals surface area contributed by atoms with E-state index in [2.05, 4.69) is 15.3 Å². The van der Waals surface area contributed by atoms with Gasteiger partial charge in [-0.2, -0.15) is 0 Å². The first-order chi connectivity index (χ1) is 13.6. The molecular formula is C20H24N4O3S. The molecule has 7 nitrogen and oxygen atoms in total. The van der Waals surface area contributed by atoms with Crippen LogP contribution >= 0.6 is 11.3 Å². The van der Waals surface area contributed by atoms with Gasteiger partial charge in [-0.1, -0.05) is 6.07 Å². The fourth-order valence-electron chi connectivity index (χ4n) is 3.60. The van der Waals surface area contributed by atoms with Gasteiger partial charge in [-0.05, 0) is 43.0 Å². The van der Waals surface area contributed by atoms with E-state index in [9.17, 15) is 14.4 Å². The van der Waals surface area contributed by atoms with Crippen LogP contribution in [0.4, 0.5) is 0 Å². The van der Waals surface area contributed by atoms with Crippen molar-refractivity contribution in [3.63, 3.8) is 0 Å². The number of piperidine rings is 1. The molecule has 0 bridgehead atoms. The summed E-state index contributed by atoms with van der Waals surface area (Å²) in [6.45, 7) is 1.72. The van der Waals surface area contributed by atoms with Gasteiger partial charge in [-0.15, -0.1) is 11.3 Å². The van der Waals surface area contributed by atoms with Crippen LogP contribution in [-0.4, -0.2) is 46.3 Å². The second-order valence-corrected chi connectivity index (χ2v) is 8.64. The summed E-state index contributed by atoms with van der Waals surface area (Å²) in [5.74, 6) is 0.955. The van der Waals surface area contributed by atoms with Crippen molar-refractivity contribution in [2.45, 2.75) is 38.0 Å². The highest BCUT2D eigenvalue weighted by atomic mass is 32.1. The van der Waals surface area contributed by atoms with Crippen molar-refractivity contribution < 1.29 is 9.59 Å². The van der Waals surface area contributed by atoms with Crippen molar-refractivity contribution >= 4 is 23.2 Å². The first-order valence-corrected chi connectivity index (χ1v) is 10.7. The molecule has 0 aromatic carbocycles. The third-order valence-electron chi connectivity index (χ3n) is 5.32. The maximum atomic E-state index is 12.8. The van der Waals surface area contributed by atoms with Gasteiger partial charge in [0.2, 0.25) is 5.91 Å². The predicted molar refractivity (Wildman–Crippen MR) is 106 cm³/mol. The van der Waals surface area contributed by atoms with Gasteiger partial charge in [-0.25, -0.2) is 4.98 Å². The number of hydrogen-bond acceptors (Lipinski definition) is 5. The summed E-state index contributed by atoms with van der Waals surface area (Å²) in [4.78, 5) is 47.0. The maximum Gasteiger partial charge on any atom is 0.263 e. The van der Waals surface area contributed by atoms with E-state index >= 15 is 0 Å². The van der Waals surface area contributed by atoms with E-state index in [0.717, 1.165) is 30.6 Å². The second-order valence-electron chi connectivity index (χ2n) is 7.61. The molecule has 1 unspecified atom stereocenters. The molecule has 28 heavy (non-hydrogen) atoms.